The number of pyridine rings is 2. The number of ether oxygens (including phenoxy) is 1. The number of carbonyl (C=O) groups excluding carboxylic acids is 1. The van der Waals surface area contributed by atoms with Crippen LogP contribution < -0.4 is 0 Å². The molecule has 0 fully saturated rings. The first-order chi connectivity index (χ1) is 14.5. The minimum absolute atomic E-state index is 0.0699. The number of rotatable bonds is 5. The zero-order valence-corrected chi connectivity index (χ0v) is 19.0. The Hall–Kier alpha value is -3.20. The molecule has 9 heteroatoms. The predicted octanol–water partition coefficient (Wildman–Crippen LogP) is 3.86. The van der Waals surface area contributed by atoms with E-state index in [4.69, 9.17) is 4.74 Å². The Morgan fingerprint density at radius 3 is 2.48 bits per heavy atom. The first-order valence-electron chi connectivity index (χ1n) is 9.71. The summed E-state index contributed by atoms with van der Waals surface area (Å²) >= 11 is 0. The summed E-state index contributed by atoms with van der Waals surface area (Å²) in [5, 5.41) is 0. The molecule has 3 aromatic heterocycles. The summed E-state index contributed by atoms with van der Waals surface area (Å²) in [4.78, 5) is 21.9. The molecule has 0 N–H and O–H groups in total. The third-order valence-electron chi connectivity index (χ3n) is 4.47. The maximum atomic E-state index is 13.4. The van der Waals surface area contributed by atoms with Gasteiger partial charge in [-0.05, 0) is 63.1 Å². The van der Waals surface area contributed by atoms with Crippen LogP contribution in [0, 0.1) is 6.92 Å². The molecule has 0 aliphatic rings. The van der Waals surface area contributed by atoms with E-state index < -0.39 is 21.7 Å². The fourth-order valence-electron chi connectivity index (χ4n) is 3.00. The van der Waals surface area contributed by atoms with Gasteiger partial charge in [0.25, 0.3) is 10.0 Å². The SMILES string of the molecule is Cc1ccncc1-c1cc(CN(C)C(=O)OC(C)(C)C)cn1S(=O)(=O)c1cccnc1. The Balaban J connectivity index is 2.05. The van der Waals surface area contributed by atoms with Crippen molar-refractivity contribution in [2.24, 2.45) is 0 Å². The molecule has 164 valence electrons. The minimum atomic E-state index is -3.91. The number of hydrogen-bond donors (Lipinski definition) is 0. The number of nitrogens with zero attached hydrogens (tertiary/aromatic N) is 4. The quantitative estimate of drug-likeness (QED) is 0.596. The van der Waals surface area contributed by atoms with Gasteiger partial charge in [-0.3, -0.25) is 9.97 Å². The fourth-order valence-corrected chi connectivity index (χ4v) is 4.36. The van der Waals surface area contributed by atoms with E-state index in [0.717, 1.165) is 5.56 Å². The standard InChI is InChI=1S/C22H26N4O4S/c1-16-8-10-24-13-19(16)20-11-17(14-25(5)21(27)30-22(2,3)4)15-26(20)31(28,29)18-7-6-9-23-12-18/h6-13,15H,14H2,1-5H3. The molecule has 31 heavy (non-hydrogen) atoms. The number of aromatic nitrogens is 3. The second-order valence-electron chi connectivity index (χ2n) is 8.25. The average Bonchev–Trinajstić information content (AvgIpc) is 3.12. The largest absolute Gasteiger partial charge is 0.444 e. The van der Waals surface area contributed by atoms with Crippen LogP contribution in [-0.2, 0) is 21.3 Å². The normalized spacial score (nSPS) is 11.9. The molecule has 0 radical (unpaired) electrons. The molecule has 0 atom stereocenters. The van der Waals surface area contributed by atoms with Crippen LogP contribution in [0.1, 0.15) is 31.9 Å². The lowest BCUT2D eigenvalue weighted by molar-refractivity contribution is 0.0285. The van der Waals surface area contributed by atoms with Gasteiger partial charge in [0.15, 0.2) is 0 Å². The molecule has 0 saturated carbocycles. The fraction of sp³-hybridized carbons (Fsp3) is 0.318. The van der Waals surface area contributed by atoms with E-state index in [2.05, 4.69) is 9.97 Å². The average molecular weight is 443 g/mol. The lowest BCUT2D eigenvalue weighted by Gasteiger charge is -2.24. The molecular formula is C22H26N4O4S. The van der Waals surface area contributed by atoms with E-state index >= 15 is 0 Å². The van der Waals surface area contributed by atoms with E-state index in [0.29, 0.717) is 16.8 Å². The summed E-state index contributed by atoms with van der Waals surface area (Å²) in [6.07, 6.45) is 7.13. The lowest BCUT2D eigenvalue weighted by atomic mass is 10.1. The van der Waals surface area contributed by atoms with Gasteiger partial charge in [-0.25, -0.2) is 17.2 Å². The summed E-state index contributed by atoms with van der Waals surface area (Å²) in [5.74, 6) is 0. The molecule has 3 heterocycles. The van der Waals surface area contributed by atoms with Gasteiger partial charge < -0.3 is 9.64 Å². The highest BCUT2D eigenvalue weighted by molar-refractivity contribution is 7.90. The zero-order chi connectivity index (χ0) is 22.8. The van der Waals surface area contributed by atoms with Gasteiger partial charge >= 0.3 is 6.09 Å². The number of hydrogen-bond acceptors (Lipinski definition) is 6. The van der Waals surface area contributed by atoms with Gasteiger partial charge in [-0.15, -0.1) is 0 Å². The molecule has 0 aliphatic heterocycles. The van der Waals surface area contributed by atoms with Gasteiger partial charge in [0.1, 0.15) is 10.5 Å². The third-order valence-corrected chi connectivity index (χ3v) is 6.13. The van der Waals surface area contributed by atoms with E-state index in [1.54, 1.807) is 52.3 Å². The topological polar surface area (TPSA) is 94.4 Å². The van der Waals surface area contributed by atoms with Gasteiger partial charge in [-0.1, -0.05) is 0 Å². The molecule has 0 aromatic carbocycles. The van der Waals surface area contributed by atoms with Crippen molar-refractivity contribution in [3.05, 3.63) is 66.4 Å². The van der Waals surface area contributed by atoms with Crippen LogP contribution in [0.15, 0.2) is 60.1 Å². The molecule has 0 saturated heterocycles. The van der Waals surface area contributed by atoms with Crippen molar-refractivity contribution in [3.8, 4) is 11.3 Å². The summed E-state index contributed by atoms with van der Waals surface area (Å²) in [6.45, 7) is 7.44. The van der Waals surface area contributed by atoms with Crippen LogP contribution in [0.4, 0.5) is 4.79 Å². The molecule has 1 amide bonds. The van der Waals surface area contributed by atoms with Crippen molar-refractivity contribution in [2.45, 2.75) is 44.7 Å². The van der Waals surface area contributed by atoms with Crippen molar-refractivity contribution >= 4 is 16.1 Å². The number of aryl methyl sites for hydroxylation is 1. The molecule has 8 nitrogen and oxygen atoms in total. The lowest BCUT2D eigenvalue weighted by Crippen LogP contribution is -2.33. The summed E-state index contributed by atoms with van der Waals surface area (Å²) in [7, 11) is -2.30. The zero-order valence-electron chi connectivity index (χ0n) is 18.2. The van der Waals surface area contributed by atoms with Gasteiger partial charge in [-0.2, -0.15) is 0 Å². The Bertz CT molecular complexity index is 1180. The van der Waals surface area contributed by atoms with Crippen molar-refractivity contribution in [2.75, 3.05) is 7.05 Å². The maximum Gasteiger partial charge on any atom is 0.410 e. The van der Waals surface area contributed by atoms with E-state index in [-0.39, 0.29) is 11.4 Å². The van der Waals surface area contributed by atoms with Crippen molar-refractivity contribution in [3.63, 3.8) is 0 Å². The first kappa shape index (κ1) is 22.5. The number of amides is 1. The summed E-state index contributed by atoms with van der Waals surface area (Å²) < 4.78 is 33.3. The van der Waals surface area contributed by atoms with Crippen LogP contribution in [0.5, 0.6) is 0 Å². The number of carbonyl (C=O) groups is 1. The predicted molar refractivity (Wildman–Crippen MR) is 117 cm³/mol. The maximum absolute atomic E-state index is 13.4. The first-order valence-corrected chi connectivity index (χ1v) is 11.1. The molecular weight excluding hydrogens is 416 g/mol. The van der Waals surface area contributed by atoms with Crippen LogP contribution in [0.3, 0.4) is 0 Å². The Morgan fingerprint density at radius 2 is 1.87 bits per heavy atom. The van der Waals surface area contributed by atoms with Crippen molar-refractivity contribution in [1.82, 2.24) is 18.8 Å². The Morgan fingerprint density at radius 1 is 1.16 bits per heavy atom. The highest BCUT2D eigenvalue weighted by Crippen LogP contribution is 2.29. The molecule has 0 bridgehead atoms. The monoisotopic (exact) mass is 442 g/mol. The van der Waals surface area contributed by atoms with Crippen molar-refractivity contribution < 1.29 is 17.9 Å². The molecule has 3 rings (SSSR count). The van der Waals surface area contributed by atoms with E-state index in [1.165, 1.54) is 33.5 Å². The Kier molecular flexibility index (Phi) is 6.17. The molecule has 0 aliphatic carbocycles. The smallest absolute Gasteiger partial charge is 0.410 e. The summed E-state index contributed by atoms with van der Waals surface area (Å²) in [5.41, 5.74) is 2.03. The van der Waals surface area contributed by atoms with Crippen LogP contribution >= 0.6 is 0 Å². The van der Waals surface area contributed by atoms with Gasteiger partial charge in [0.2, 0.25) is 0 Å². The highest BCUT2D eigenvalue weighted by Gasteiger charge is 2.25. The molecule has 0 spiro atoms. The second kappa shape index (κ2) is 8.50. The third kappa shape index (κ3) is 5.11. The summed E-state index contributed by atoms with van der Waals surface area (Å²) in [6, 6.07) is 6.63. The Labute approximate surface area is 182 Å². The van der Waals surface area contributed by atoms with E-state index in [9.17, 15) is 13.2 Å². The van der Waals surface area contributed by atoms with Crippen molar-refractivity contribution in [1.29, 1.82) is 0 Å². The van der Waals surface area contributed by atoms with Crippen LogP contribution in [-0.4, -0.2) is 46.0 Å². The highest BCUT2D eigenvalue weighted by atomic mass is 32.2. The molecule has 3 aromatic rings. The minimum Gasteiger partial charge on any atom is -0.444 e. The molecule has 0 unspecified atom stereocenters. The van der Waals surface area contributed by atoms with Gasteiger partial charge in [0, 0.05) is 43.6 Å². The second-order valence-corrected chi connectivity index (χ2v) is 10.1. The van der Waals surface area contributed by atoms with E-state index in [1.807, 2.05) is 13.0 Å². The van der Waals surface area contributed by atoms with Crippen LogP contribution in [0.25, 0.3) is 11.3 Å². The van der Waals surface area contributed by atoms with Gasteiger partial charge in [0.05, 0.1) is 12.2 Å². The van der Waals surface area contributed by atoms with Crippen LogP contribution in [0.2, 0.25) is 0 Å².